The quantitative estimate of drug-likeness (QED) is 0.788. The van der Waals surface area contributed by atoms with Gasteiger partial charge in [-0.05, 0) is 44.2 Å². The van der Waals surface area contributed by atoms with Crippen molar-refractivity contribution >= 4 is 17.6 Å². The first-order valence-corrected chi connectivity index (χ1v) is 6.48. The number of hydrogen-bond acceptors (Lipinski definition) is 3. The molecule has 3 N–H and O–H groups in total. The van der Waals surface area contributed by atoms with Crippen LogP contribution in [0.25, 0.3) is 0 Å². The Morgan fingerprint density at radius 2 is 1.95 bits per heavy atom. The average molecular weight is 288 g/mol. The predicted molar refractivity (Wildman–Crippen MR) is 78.1 cm³/mol. The molecule has 1 amide bonds. The Balaban J connectivity index is 2.16. The second-order valence-corrected chi connectivity index (χ2v) is 4.46. The van der Waals surface area contributed by atoms with Crippen molar-refractivity contribution in [2.24, 2.45) is 0 Å². The third-order valence-corrected chi connectivity index (χ3v) is 2.84. The van der Waals surface area contributed by atoms with Crippen LogP contribution in [0, 0.1) is 6.92 Å². The van der Waals surface area contributed by atoms with Gasteiger partial charge < -0.3 is 20.1 Å². The van der Waals surface area contributed by atoms with Gasteiger partial charge >= 0.3 is 5.97 Å². The van der Waals surface area contributed by atoms with Crippen molar-refractivity contribution < 1.29 is 19.4 Å². The van der Waals surface area contributed by atoms with E-state index in [4.69, 9.17) is 9.84 Å². The number of rotatable bonds is 5. The maximum atomic E-state index is 12.1. The van der Waals surface area contributed by atoms with Crippen molar-refractivity contribution in [2.45, 2.75) is 13.8 Å². The van der Waals surface area contributed by atoms with E-state index in [1.807, 2.05) is 6.92 Å². The largest absolute Gasteiger partial charge is 0.494 e. The van der Waals surface area contributed by atoms with Gasteiger partial charge in [0.15, 0.2) is 0 Å². The van der Waals surface area contributed by atoms with Crippen LogP contribution < -0.4 is 10.1 Å². The van der Waals surface area contributed by atoms with E-state index < -0.39 is 5.97 Å². The summed E-state index contributed by atoms with van der Waals surface area (Å²) in [7, 11) is 0. The molecule has 0 radical (unpaired) electrons. The van der Waals surface area contributed by atoms with Gasteiger partial charge in [-0.2, -0.15) is 0 Å². The SMILES string of the molecule is CCOc1ccc(C(=O)Nc2cc(C)[nH]c2C(=O)O)cc1. The maximum absolute atomic E-state index is 12.1. The summed E-state index contributed by atoms with van der Waals surface area (Å²) in [4.78, 5) is 25.9. The summed E-state index contributed by atoms with van der Waals surface area (Å²) in [6.45, 7) is 4.15. The summed E-state index contributed by atoms with van der Waals surface area (Å²) in [5.74, 6) is -0.817. The molecule has 0 saturated heterocycles. The molecule has 2 aromatic rings. The van der Waals surface area contributed by atoms with Crippen LogP contribution in [0.2, 0.25) is 0 Å². The minimum absolute atomic E-state index is 0.0354. The fourth-order valence-corrected chi connectivity index (χ4v) is 1.92. The topological polar surface area (TPSA) is 91.4 Å². The summed E-state index contributed by atoms with van der Waals surface area (Å²) in [6, 6.07) is 8.22. The van der Waals surface area contributed by atoms with Gasteiger partial charge in [-0.3, -0.25) is 4.79 Å². The Morgan fingerprint density at radius 3 is 2.52 bits per heavy atom. The molecule has 2 rings (SSSR count). The van der Waals surface area contributed by atoms with Gasteiger partial charge in [-0.15, -0.1) is 0 Å². The van der Waals surface area contributed by atoms with Gasteiger partial charge in [0.05, 0.1) is 12.3 Å². The second-order valence-electron chi connectivity index (χ2n) is 4.46. The van der Waals surface area contributed by atoms with Crippen LogP contribution in [-0.4, -0.2) is 28.6 Å². The first-order chi connectivity index (χ1) is 10.0. The molecule has 1 aromatic carbocycles. The summed E-state index contributed by atoms with van der Waals surface area (Å²) in [5.41, 5.74) is 1.30. The molecular formula is C15H16N2O4. The smallest absolute Gasteiger partial charge is 0.354 e. The van der Waals surface area contributed by atoms with Gasteiger partial charge in [-0.1, -0.05) is 0 Å². The maximum Gasteiger partial charge on any atom is 0.354 e. The van der Waals surface area contributed by atoms with E-state index in [9.17, 15) is 9.59 Å². The molecule has 0 aliphatic carbocycles. The summed E-state index contributed by atoms with van der Waals surface area (Å²) in [6.07, 6.45) is 0. The molecule has 0 aliphatic rings. The number of nitrogens with one attached hydrogen (secondary N) is 2. The average Bonchev–Trinajstić information content (AvgIpc) is 2.81. The summed E-state index contributed by atoms with van der Waals surface area (Å²) >= 11 is 0. The van der Waals surface area contributed by atoms with E-state index >= 15 is 0 Å². The molecule has 0 bridgehead atoms. The number of H-pyrrole nitrogens is 1. The van der Waals surface area contributed by atoms with E-state index in [0.29, 0.717) is 23.6 Å². The molecule has 0 saturated carbocycles. The minimum Gasteiger partial charge on any atom is -0.494 e. The van der Waals surface area contributed by atoms with Crippen molar-refractivity contribution in [2.75, 3.05) is 11.9 Å². The zero-order valence-electron chi connectivity index (χ0n) is 11.8. The van der Waals surface area contributed by atoms with Crippen molar-refractivity contribution in [3.63, 3.8) is 0 Å². The number of benzene rings is 1. The number of anilines is 1. The number of hydrogen-bond donors (Lipinski definition) is 3. The van der Waals surface area contributed by atoms with Crippen molar-refractivity contribution in [1.29, 1.82) is 0 Å². The number of aromatic carboxylic acids is 1. The fourth-order valence-electron chi connectivity index (χ4n) is 1.92. The summed E-state index contributed by atoms with van der Waals surface area (Å²) in [5, 5.41) is 11.6. The number of carbonyl (C=O) groups is 2. The predicted octanol–water partition coefficient (Wildman–Crippen LogP) is 2.67. The number of aryl methyl sites for hydroxylation is 1. The van der Waals surface area contributed by atoms with Crippen molar-refractivity contribution in [3.05, 3.63) is 47.3 Å². The van der Waals surface area contributed by atoms with Crippen LogP contribution in [0.1, 0.15) is 33.5 Å². The fraction of sp³-hybridized carbons (Fsp3) is 0.200. The highest BCUT2D eigenvalue weighted by molar-refractivity contribution is 6.07. The normalized spacial score (nSPS) is 10.2. The zero-order valence-corrected chi connectivity index (χ0v) is 11.8. The Hall–Kier alpha value is -2.76. The highest BCUT2D eigenvalue weighted by Crippen LogP contribution is 2.19. The van der Waals surface area contributed by atoms with E-state index in [2.05, 4.69) is 10.3 Å². The molecule has 0 atom stereocenters. The molecule has 6 heteroatoms. The Morgan fingerprint density at radius 1 is 1.29 bits per heavy atom. The van der Waals surface area contributed by atoms with Gasteiger partial charge in [-0.25, -0.2) is 4.79 Å². The third-order valence-electron chi connectivity index (χ3n) is 2.84. The molecule has 0 fully saturated rings. The lowest BCUT2D eigenvalue weighted by atomic mass is 10.2. The first-order valence-electron chi connectivity index (χ1n) is 6.48. The highest BCUT2D eigenvalue weighted by atomic mass is 16.5. The molecule has 0 unspecified atom stereocenters. The van der Waals surface area contributed by atoms with E-state index in [1.54, 1.807) is 37.3 Å². The van der Waals surface area contributed by atoms with Gasteiger partial charge in [0.25, 0.3) is 5.91 Å². The van der Waals surface area contributed by atoms with E-state index in [0.717, 1.165) is 0 Å². The van der Waals surface area contributed by atoms with Crippen LogP contribution in [0.5, 0.6) is 5.75 Å². The molecule has 0 aliphatic heterocycles. The molecule has 21 heavy (non-hydrogen) atoms. The number of aromatic nitrogens is 1. The first kappa shape index (κ1) is 14.6. The molecule has 1 heterocycles. The van der Waals surface area contributed by atoms with Gasteiger partial charge in [0, 0.05) is 11.3 Å². The lowest BCUT2D eigenvalue weighted by Crippen LogP contribution is -2.14. The molecular weight excluding hydrogens is 272 g/mol. The zero-order chi connectivity index (χ0) is 15.4. The molecule has 1 aromatic heterocycles. The minimum atomic E-state index is -1.12. The Bertz CT molecular complexity index is 659. The van der Waals surface area contributed by atoms with Crippen molar-refractivity contribution in [1.82, 2.24) is 4.98 Å². The van der Waals surface area contributed by atoms with E-state index in [-0.39, 0.29) is 17.3 Å². The molecule has 0 spiro atoms. The van der Waals surface area contributed by atoms with Crippen LogP contribution >= 0.6 is 0 Å². The van der Waals surface area contributed by atoms with Crippen LogP contribution in [-0.2, 0) is 0 Å². The summed E-state index contributed by atoms with van der Waals surface area (Å²) < 4.78 is 5.30. The number of amides is 1. The highest BCUT2D eigenvalue weighted by Gasteiger charge is 2.16. The lowest BCUT2D eigenvalue weighted by molar-refractivity contribution is 0.0692. The molecule has 6 nitrogen and oxygen atoms in total. The van der Waals surface area contributed by atoms with Crippen LogP contribution in [0.4, 0.5) is 5.69 Å². The number of carbonyl (C=O) groups excluding carboxylic acids is 1. The molecule has 110 valence electrons. The number of carboxylic acids is 1. The van der Waals surface area contributed by atoms with Crippen molar-refractivity contribution in [3.8, 4) is 5.75 Å². The van der Waals surface area contributed by atoms with Crippen LogP contribution in [0.15, 0.2) is 30.3 Å². The van der Waals surface area contributed by atoms with Crippen LogP contribution in [0.3, 0.4) is 0 Å². The Kier molecular flexibility index (Phi) is 4.27. The number of aromatic amines is 1. The monoisotopic (exact) mass is 288 g/mol. The van der Waals surface area contributed by atoms with E-state index in [1.165, 1.54) is 0 Å². The standard InChI is InChI=1S/C15H16N2O4/c1-3-21-11-6-4-10(5-7-11)14(18)17-12-8-9(2)16-13(12)15(19)20/h4-8,16H,3H2,1-2H3,(H,17,18)(H,19,20). The van der Waals surface area contributed by atoms with Gasteiger partial charge in [0.1, 0.15) is 11.4 Å². The lowest BCUT2D eigenvalue weighted by Gasteiger charge is -2.06. The second kappa shape index (κ2) is 6.13. The number of carboxylic acid groups (broad SMARTS) is 1. The third kappa shape index (κ3) is 3.42. The van der Waals surface area contributed by atoms with Gasteiger partial charge in [0.2, 0.25) is 0 Å². The Labute approximate surface area is 121 Å². The number of ether oxygens (including phenoxy) is 1.